The van der Waals surface area contributed by atoms with Gasteiger partial charge in [-0.3, -0.25) is 9.48 Å². The Bertz CT molecular complexity index is 454. The fourth-order valence-corrected chi connectivity index (χ4v) is 2.75. The van der Waals surface area contributed by atoms with Gasteiger partial charge in [-0.2, -0.15) is 5.10 Å². The number of hydrogen-bond acceptors (Lipinski definition) is 3. The molecule has 1 aliphatic rings. The van der Waals surface area contributed by atoms with Crippen molar-refractivity contribution >= 4 is 5.91 Å². The number of carbonyl (C=O) groups is 1. The number of hydrogen-bond donors (Lipinski definition) is 1. The molecule has 2 N–H and O–H groups in total. The van der Waals surface area contributed by atoms with Gasteiger partial charge in [0.15, 0.2) is 0 Å². The Morgan fingerprint density at radius 1 is 1.53 bits per heavy atom. The lowest BCUT2D eigenvalue weighted by Gasteiger charge is -2.36. The van der Waals surface area contributed by atoms with E-state index < -0.39 is 0 Å². The second-order valence-corrected chi connectivity index (χ2v) is 5.69. The number of nitrogens with two attached hydrogens (primary N) is 1. The summed E-state index contributed by atoms with van der Waals surface area (Å²) in [6.07, 6.45) is 1.05. The molecule has 1 amide bonds. The topological polar surface area (TPSA) is 64.2 Å². The smallest absolute Gasteiger partial charge is 0.244 e. The summed E-state index contributed by atoms with van der Waals surface area (Å²) in [6, 6.07) is 1.99. The van der Waals surface area contributed by atoms with Crippen molar-refractivity contribution in [2.45, 2.75) is 33.7 Å². The molecule has 1 saturated heterocycles. The highest BCUT2D eigenvalue weighted by Crippen LogP contribution is 2.22. The van der Waals surface area contributed by atoms with Gasteiger partial charge in [-0.1, -0.05) is 6.92 Å². The predicted octanol–water partition coefficient (Wildman–Crippen LogP) is 0.943. The molecule has 0 spiro atoms. The Morgan fingerprint density at radius 2 is 2.26 bits per heavy atom. The van der Waals surface area contributed by atoms with E-state index >= 15 is 0 Å². The number of carbonyl (C=O) groups excluding carboxylic acids is 1. The molecule has 0 aromatic carbocycles. The van der Waals surface area contributed by atoms with Crippen molar-refractivity contribution < 1.29 is 4.79 Å². The molecule has 106 valence electrons. The Kier molecular flexibility index (Phi) is 4.24. The minimum Gasteiger partial charge on any atom is -0.341 e. The maximum atomic E-state index is 12.3. The minimum absolute atomic E-state index is 0.150. The van der Waals surface area contributed by atoms with E-state index in [1.54, 1.807) is 4.68 Å². The van der Waals surface area contributed by atoms with Gasteiger partial charge in [-0.05, 0) is 44.7 Å². The molecule has 2 rings (SSSR count). The highest BCUT2D eigenvalue weighted by Gasteiger charge is 2.28. The van der Waals surface area contributed by atoms with Crippen molar-refractivity contribution in [2.75, 3.05) is 19.6 Å². The Morgan fingerprint density at radius 3 is 2.84 bits per heavy atom. The quantitative estimate of drug-likeness (QED) is 0.884. The summed E-state index contributed by atoms with van der Waals surface area (Å²) in [6.45, 7) is 8.78. The Balaban J connectivity index is 1.98. The van der Waals surface area contributed by atoms with Gasteiger partial charge >= 0.3 is 0 Å². The molecule has 19 heavy (non-hydrogen) atoms. The maximum Gasteiger partial charge on any atom is 0.244 e. The van der Waals surface area contributed by atoms with Gasteiger partial charge in [0, 0.05) is 18.8 Å². The Hall–Kier alpha value is -1.36. The van der Waals surface area contributed by atoms with E-state index in [9.17, 15) is 4.79 Å². The van der Waals surface area contributed by atoms with E-state index in [-0.39, 0.29) is 5.91 Å². The first-order valence-corrected chi connectivity index (χ1v) is 7.00. The lowest BCUT2D eigenvalue weighted by Crippen LogP contribution is -2.46. The number of nitrogens with zero attached hydrogens (tertiary/aromatic N) is 3. The van der Waals surface area contributed by atoms with Crippen LogP contribution in [0.4, 0.5) is 0 Å². The number of aryl methyl sites for hydroxylation is 2. The summed E-state index contributed by atoms with van der Waals surface area (Å²) in [7, 11) is 0. The summed E-state index contributed by atoms with van der Waals surface area (Å²) < 4.78 is 1.78. The molecule has 1 aromatic rings. The first-order chi connectivity index (χ1) is 9.01. The van der Waals surface area contributed by atoms with E-state index in [0.717, 1.165) is 30.9 Å². The Labute approximate surface area is 114 Å². The van der Waals surface area contributed by atoms with Crippen LogP contribution >= 0.6 is 0 Å². The number of likely N-dealkylation sites (tertiary alicyclic amines) is 1. The summed E-state index contributed by atoms with van der Waals surface area (Å²) in [5.41, 5.74) is 7.77. The van der Waals surface area contributed by atoms with Gasteiger partial charge in [0.1, 0.15) is 6.54 Å². The van der Waals surface area contributed by atoms with Crippen LogP contribution in [0.2, 0.25) is 0 Å². The summed E-state index contributed by atoms with van der Waals surface area (Å²) in [4.78, 5) is 14.3. The van der Waals surface area contributed by atoms with Crippen LogP contribution in [0.5, 0.6) is 0 Å². The van der Waals surface area contributed by atoms with E-state index in [4.69, 9.17) is 5.73 Å². The third-order valence-corrected chi connectivity index (χ3v) is 4.16. The molecule has 1 aromatic heterocycles. The van der Waals surface area contributed by atoms with Crippen molar-refractivity contribution in [3.8, 4) is 0 Å². The third kappa shape index (κ3) is 3.15. The molecule has 0 aliphatic carbocycles. The van der Waals surface area contributed by atoms with Crippen LogP contribution in [0.3, 0.4) is 0 Å². The van der Waals surface area contributed by atoms with Gasteiger partial charge in [-0.15, -0.1) is 0 Å². The fraction of sp³-hybridized carbons (Fsp3) is 0.714. The second-order valence-electron chi connectivity index (χ2n) is 5.69. The van der Waals surface area contributed by atoms with Crippen LogP contribution in [0.1, 0.15) is 24.7 Å². The number of amides is 1. The monoisotopic (exact) mass is 264 g/mol. The molecule has 0 saturated carbocycles. The predicted molar refractivity (Wildman–Crippen MR) is 74.6 cm³/mol. The number of piperidine rings is 1. The first-order valence-electron chi connectivity index (χ1n) is 7.00. The number of rotatable bonds is 3. The van der Waals surface area contributed by atoms with Crippen LogP contribution in [0, 0.1) is 25.7 Å². The molecular weight excluding hydrogens is 240 g/mol. The highest BCUT2D eigenvalue weighted by atomic mass is 16.2. The van der Waals surface area contributed by atoms with Crippen molar-refractivity contribution in [2.24, 2.45) is 17.6 Å². The van der Waals surface area contributed by atoms with Crippen LogP contribution in [-0.2, 0) is 11.3 Å². The highest BCUT2D eigenvalue weighted by molar-refractivity contribution is 5.76. The normalized spacial score (nSPS) is 23.7. The molecule has 2 atom stereocenters. The molecule has 2 unspecified atom stereocenters. The zero-order valence-electron chi connectivity index (χ0n) is 12.1. The molecule has 5 nitrogen and oxygen atoms in total. The lowest BCUT2D eigenvalue weighted by atomic mass is 9.87. The molecule has 2 heterocycles. The lowest BCUT2D eigenvalue weighted by molar-refractivity contribution is -0.134. The average Bonchev–Trinajstić information content (AvgIpc) is 2.68. The largest absolute Gasteiger partial charge is 0.341 e. The first kappa shape index (κ1) is 14.1. The summed E-state index contributed by atoms with van der Waals surface area (Å²) >= 11 is 0. The molecular formula is C14H24N4O. The number of aromatic nitrogens is 2. The fourth-order valence-electron chi connectivity index (χ4n) is 2.75. The molecule has 1 aliphatic heterocycles. The zero-order chi connectivity index (χ0) is 14.0. The SMILES string of the molecule is Cc1cc(C)n(CC(=O)N2CCC(C)C(CN)C2)n1. The maximum absolute atomic E-state index is 12.3. The van der Waals surface area contributed by atoms with Gasteiger partial charge in [0.05, 0.1) is 5.69 Å². The van der Waals surface area contributed by atoms with Crippen molar-refractivity contribution in [1.29, 1.82) is 0 Å². The van der Waals surface area contributed by atoms with E-state index in [0.29, 0.717) is 24.9 Å². The zero-order valence-corrected chi connectivity index (χ0v) is 12.1. The summed E-state index contributed by atoms with van der Waals surface area (Å²) in [5.74, 6) is 1.19. The van der Waals surface area contributed by atoms with Crippen LogP contribution in [-0.4, -0.2) is 40.2 Å². The van der Waals surface area contributed by atoms with Crippen molar-refractivity contribution in [3.63, 3.8) is 0 Å². The van der Waals surface area contributed by atoms with Crippen LogP contribution in [0.25, 0.3) is 0 Å². The standard InChI is InChI=1S/C14H24N4O/c1-10-4-5-17(8-13(10)7-15)14(19)9-18-12(3)6-11(2)16-18/h6,10,13H,4-5,7-9,15H2,1-3H3. The molecule has 1 fully saturated rings. The van der Waals surface area contributed by atoms with E-state index in [2.05, 4.69) is 12.0 Å². The van der Waals surface area contributed by atoms with Crippen LogP contribution in [0.15, 0.2) is 6.07 Å². The molecule has 0 radical (unpaired) electrons. The van der Waals surface area contributed by atoms with Gasteiger partial charge in [-0.25, -0.2) is 0 Å². The van der Waals surface area contributed by atoms with Crippen molar-refractivity contribution in [3.05, 3.63) is 17.5 Å². The van der Waals surface area contributed by atoms with E-state index in [1.807, 2.05) is 24.8 Å². The van der Waals surface area contributed by atoms with Crippen molar-refractivity contribution in [1.82, 2.24) is 14.7 Å². The van der Waals surface area contributed by atoms with Gasteiger partial charge < -0.3 is 10.6 Å². The van der Waals surface area contributed by atoms with Gasteiger partial charge in [0.25, 0.3) is 0 Å². The third-order valence-electron chi connectivity index (χ3n) is 4.16. The average molecular weight is 264 g/mol. The molecule has 5 heteroatoms. The second kappa shape index (κ2) is 5.74. The van der Waals surface area contributed by atoms with E-state index in [1.165, 1.54) is 0 Å². The minimum atomic E-state index is 0.150. The molecule has 0 bridgehead atoms. The van der Waals surface area contributed by atoms with Gasteiger partial charge in [0.2, 0.25) is 5.91 Å². The van der Waals surface area contributed by atoms with Crippen LogP contribution < -0.4 is 5.73 Å². The summed E-state index contributed by atoms with van der Waals surface area (Å²) in [5, 5.41) is 4.34.